The minimum Gasteiger partial charge on any atom is -0.497 e. The molecule has 206 valence electrons. The Morgan fingerprint density at radius 2 is 1.85 bits per heavy atom. The van der Waals surface area contributed by atoms with E-state index in [9.17, 15) is 4.79 Å². The molecule has 3 aromatic carbocycles. The molecule has 0 N–H and O–H groups in total. The van der Waals surface area contributed by atoms with Crippen LogP contribution in [0.1, 0.15) is 53.0 Å². The molecule has 2 heterocycles. The molecule has 1 atom stereocenters. The number of methoxy groups -OCH3 is 1. The highest BCUT2D eigenvalue weighted by Crippen LogP contribution is 2.29. The third kappa shape index (κ3) is 6.64. The highest BCUT2D eigenvalue weighted by atomic mass is 35.5. The number of hydrogen-bond acceptors (Lipinski definition) is 5. The van der Waals surface area contributed by atoms with Crippen molar-refractivity contribution in [3.05, 3.63) is 100 Å². The van der Waals surface area contributed by atoms with Crippen molar-refractivity contribution in [1.82, 2.24) is 9.88 Å². The molecular formula is C33H33ClN2O4. The fourth-order valence-electron chi connectivity index (χ4n) is 4.87. The molecule has 1 fully saturated rings. The van der Waals surface area contributed by atoms with E-state index in [1.165, 1.54) is 0 Å². The van der Waals surface area contributed by atoms with Crippen LogP contribution in [0.15, 0.2) is 72.8 Å². The minimum absolute atomic E-state index is 0.0314. The van der Waals surface area contributed by atoms with E-state index in [0.717, 1.165) is 53.7 Å². The normalized spacial score (nSPS) is 14.1. The van der Waals surface area contributed by atoms with Gasteiger partial charge in [0.2, 0.25) is 0 Å². The number of fused-ring (bicyclic) bond motifs is 1. The van der Waals surface area contributed by atoms with Gasteiger partial charge in [-0.15, -0.1) is 0 Å². The quantitative estimate of drug-likeness (QED) is 0.203. The number of aromatic nitrogens is 1. The number of carbonyl (C=O) groups excluding carboxylic acids is 1. The maximum absolute atomic E-state index is 13.2. The highest BCUT2D eigenvalue weighted by Gasteiger charge is 2.24. The molecule has 0 bridgehead atoms. The number of hydrogen-bond donors (Lipinski definition) is 0. The van der Waals surface area contributed by atoms with Gasteiger partial charge in [-0.2, -0.15) is 0 Å². The first kappa shape index (κ1) is 27.7. The molecule has 0 spiro atoms. The zero-order valence-electron chi connectivity index (χ0n) is 22.8. The second-order valence-electron chi connectivity index (χ2n) is 9.69. The van der Waals surface area contributed by atoms with E-state index < -0.39 is 0 Å². The number of amides is 1. The van der Waals surface area contributed by atoms with Gasteiger partial charge < -0.3 is 19.1 Å². The molecule has 0 aliphatic carbocycles. The van der Waals surface area contributed by atoms with Gasteiger partial charge in [0.25, 0.3) is 5.91 Å². The summed E-state index contributed by atoms with van der Waals surface area (Å²) in [6, 6.07) is 23.3. The maximum atomic E-state index is 13.2. The third-order valence-corrected chi connectivity index (χ3v) is 7.21. The van der Waals surface area contributed by atoms with Crippen LogP contribution in [0, 0.1) is 0 Å². The molecule has 5 rings (SSSR count). The molecule has 1 aliphatic heterocycles. The summed E-state index contributed by atoms with van der Waals surface area (Å²) in [6.45, 7) is 4.28. The maximum Gasteiger partial charge on any atom is 0.257 e. The Bertz CT molecular complexity index is 1510. The number of likely N-dealkylation sites (tertiary alicyclic amines) is 1. The fraction of sp³-hybridized carbons (Fsp3) is 0.273. The molecule has 1 aromatic heterocycles. The number of ether oxygens (including phenoxy) is 3. The van der Waals surface area contributed by atoms with E-state index in [1.807, 2.05) is 78.6 Å². The lowest BCUT2D eigenvalue weighted by molar-refractivity contribution is 0.0261. The molecule has 1 unspecified atom stereocenters. The lowest BCUT2D eigenvalue weighted by atomic mass is 10.1. The zero-order chi connectivity index (χ0) is 27.9. The van der Waals surface area contributed by atoms with Crippen LogP contribution >= 0.6 is 11.6 Å². The van der Waals surface area contributed by atoms with Crippen molar-refractivity contribution in [1.29, 1.82) is 0 Å². The fourth-order valence-corrected chi connectivity index (χ4v) is 5.04. The Kier molecular flexibility index (Phi) is 8.99. The number of nitrogens with zero attached hydrogens (tertiary/aromatic N) is 2. The average Bonchev–Trinajstić information content (AvgIpc) is 3.53. The lowest BCUT2D eigenvalue weighted by Gasteiger charge is -2.22. The van der Waals surface area contributed by atoms with Crippen LogP contribution in [0.3, 0.4) is 0 Å². The molecule has 1 saturated heterocycles. The number of carbonyl (C=O) groups is 1. The highest BCUT2D eigenvalue weighted by molar-refractivity contribution is 6.31. The van der Waals surface area contributed by atoms with Crippen LogP contribution < -0.4 is 9.47 Å². The van der Waals surface area contributed by atoms with Gasteiger partial charge in [0, 0.05) is 30.1 Å². The van der Waals surface area contributed by atoms with Crippen molar-refractivity contribution in [3.63, 3.8) is 0 Å². The largest absolute Gasteiger partial charge is 0.497 e. The Morgan fingerprint density at radius 3 is 2.65 bits per heavy atom. The number of benzene rings is 3. The SMILES string of the molecule is CCOC(COc1ccc(OC)cc1C(=O)N1CCCC1)c1cccc(/C=C/c2ccc3ccc(Cl)cc3n2)c1. The topological polar surface area (TPSA) is 60.9 Å². The smallest absolute Gasteiger partial charge is 0.257 e. The van der Waals surface area contributed by atoms with Crippen molar-refractivity contribution in [3.8, 4) is 11.5 Å². The molecule has 4 aromatic rings. The van der Waals surface area contributed by atoms with Gasteiger partial charge in [-0.3, -0.25) is 4.79 Å². The molecule has 40 heavy (non-hydrogen) atoms. The summed E-state index contributed by atoms with van der Waals surface area (Å²) in [5.74, 6) is 1.12. The number of pyridine rings is 1. The van der Waals surface area contributed by atoms with Crippen LogP contribution in [-0.2, 0) is 4.74 Å². The van der Waals surface area contributed by atoms with Gasteiger partial charge >= 0.3 is 0 Å². The van der Waals surface area contributed by atoms with Gasteiger partial charge in [-0.1, -0.05) is 48.0 Å². The third-order valence-electron chi connectivity index (χ3n) is 6.97. The summed E-state index contributed by atoms with van der Waals surface area (Å²) >= 11 is 6.14. The van der Waals surface area contributed by atoms with Crippen LogP contribution in [0.4, 0.5) is 0 Å². The van der Waals surface area contributed by atoms with Crippen molar-refractivity contribution < 1.29 is 19.0 Å². The summed E-state index contributed by atoms with van der Waals surface area (Å²) in [6.07, 6.45) is 5.75. The second-order valence-corrected chi connectivity index (χ2v) is 10.1. The van der Waals surface area contributed by atoms with Gasteiger partial charge in [0.05, 0.1) is 23.9 Å². The summed E-state index contributed by atoms with van der Waals surface area (Å²) in [7, 11) is 1.60. The van der Waals surface area contributed by atoms with Crippen molar-refractivity contribution in [2.45, 2.75) is 25.9 Å². The lowest BCUT2D eigenvalue weighted by Crippen LogP contribution is -2.28. The van der Waals surface area contributed by atoms with Crippen LogP contribution in [0.5, 0.6) is 11.5 Å². The van der Waals surface area contributed by atoms with Crippen LogP contribution in [0.2, 0.25) is 5.02 Å². The van der Waals surface area contributed by atoms with Crippen molar-refractivity contribution in [2.75, 3.05) is 33.4 Å². The van der Waals surface area contributed by atoms with Gasteiger partial charge in [-0.05, 0) is 79.4 Å². The van der Waals surface area contributed by atoms with E-state index >= 15 is 0 Å². The van der Waals surface area contributed by atoms with Gasteiger partial charge in [-0.25, -0.2) is 4.98 Å². The molecule has 6 nitrogen and oxygen atoms in total. The van der Waals surface area contributed by atoms with E-state index in [1.54, 1.807) is 19.2 Å². The standard InChI is InChI=1S/C33H33ClN2O4/c1-3-39-32(22-40-31-16-15-28(38-2)21-29(31)33(37)36-17-4-5-18-36)25-8-6-7-23(19-25)9-13-27-14-11-24-10-12-26(34)20-30(24)35-27/h6-16,19-21,32H,3-5,17-18,22H2,1-2H3/b13-9+. The molecular weight excluding hydrogens is 524 g/mol. The summed E-state index contributed by atoms with van der Waals surface area (Å²) in [4.78, 5) is 19.8. The molecule has 0 radical (unpaired) electrons. The molecule has 1 amide bonds. The van der Waals surface area contributed by atoms with Crippen molar-refractivity contribution >= 4 is 40.6 Å². The second kappa shape index (κ2) is 13.0. The Balaban J connectivity index is 1.33. The Morgan fingerprint density at radius 1 is 1.02 bits per heavy atom. The Labute approximate surface area is 240 Å². The first-order valence-corrected chi connectivity index (χ1v) is 14.0. The number of halogens is 1. The van der Waals surface area contributed by atoms with Gasteiger partial charge in [0.1, 0.15) is 24.2 Å². The first-order chi connectivity index (χ1) is 19.5. The summed E-state index contributed by atoms with van der Waals surface area (Å²) < 4.78 is 17.7. The number of rotatable bonds is 10. The average molecular weight is 557 g/mol. The first-order valence-electron chi connectivity index (χ1n) is 13.6. The monoisotopic (exact) mass is 556 g/mol. The summed E-state index contributed by atoms with van der Waals surface area (Å²) in [5, 5.41) is 1.71. The Hall–Kier alpha value is -3.87. The minimum atomic E-state index is -0.309. The predicted molar refractivity (Wildman–Crippen MR) is 160 cm³/mol. The molecule has 1 aliphatic rings. The van der Waals surface area contributed by atoms with Gasteiger partial charge in [0.15, 0.2) is 0 Å². The predicted octanol–water partition coefficient (Wildman–Crippen LogP) is 7.46. The van der Waals surface area contributed by atoms with Crippen LogP contribution in [-0.4, -0.2) is 49.2 Å². The molecule has 7 heteroatoms. The van der Waals surface area contributed by atoms with Crippen molar-refractivity contribution in [2.24, 2.45) is 0 Å². The summed E-state index contributed by atoms with van der Waals surface area (Å²) in [5.41, 5.74) is 4.22. The molecule has 0 saturated carbocycles. The van der Waals surface area contributed by atoms with E-state index in [2.05, 4.69) is 6.07 Å². The van der Waals surface area contributed by atoms with Crippen LogP contribution in [0.25, 0.3) is 23.1 Å². The van der Waals surface area contributed by atoms with E-state index in [4.69, 9.17) is 30.8 Å². The van der Waals surface area contributed by atoms with E-state index in [-0.39, 0.29) is 18.6 Å². The van der Waals surface area contributed by atoms with E-state index in [0.29, 0.717) is 28.7 Å². The zero-order valence-corrected chi connectivity index (χ0v) is 23.6.